The Morgan fingerprint density at radius 2 is 1.85 bits per heavy atom. The van der Waals surface area contributed by atoms with E-state index in [1.807, 2.05) is 0 Å². The lowest BCUT2D eigenvalue weighted by atomic mass is 9.91. The number of hydrogen-bond donors (Lipinski definition) is 1. The molecule has 2 heterocycles. The topological polar surface area (TPSA) is 104 Å². The van der Waals surface area contributed by atoms with E-state index in [1.54, 1.807) is 12.1 Å². The molecule has 2 aliphatic heterocycles. The van der Waals surface area contributed by atoms with E-state index in [0.29, 0.717) is 30.6 Å². The van der Waals surface area contributed by atoms with Crippen LogP contribution in [0.25, 0.3) is 0 Å². The Bertz CT molecular complexity index is 1300. The van der Waals surface area contributed by atoms with Gasteiger partial charge in [-0.1, -0.05) is 6.07 Å². The number of imide groups is 1. The van der Waals surface area contributed by atoms with Crippen molar-refractivity contribution >= 4 is 33.4 Å². The van der Waals surface area contributed by atoms with Gasteiger partial charge in [0.15, 0.2) is 17.4 Å². The third-order valence-electron chi connectivity index (χ3n) is 5.95. The predicted molar refractivity (Wildman–Crippen MR) is 115 cm³/mol. The monoisotopic (exact) mass is 477 g/mol. The number of benzene rings is 2. The molecule has 8 nitrogen and oxygen atoms in total. The van der Waals surface area contributed by atoms with Gasteiger partial charge in [-0.15, -0.1) is 0 Å². The summed E-state index contributed by atoms with van der Waals surface area (Å²) in [6.45, 7) is 1.14. The standard InChI is InChI=1S/C22H21F2N3O5S/c1-22(15-6-7-16(23)17(24)11-15)20(29)26(21(30)25-22)12-19(28)14-5-8-18-13(10-14)4-3-9-27(18)33(2,31)32/h5-8,10-11H,3-4,9,12H2,1-2H3,(H,25,30). The van der Waals surface area contributed by atoms with Crippen LogP contribution < -0.4 is 9.62 Å². The second-order valence-electron chi connectivity index (χ2n) is 8.28. The molecule has 3 amide bonds. The number of carbonyl (C=O) groups excluding carboxylic acids is 3. The highest BCUT2D eigenvalue weighted by molar-refractivity contribution is 7.92. The van der Waals surface area contributed by atoms with Gasteiger partial charge in [0.1, 0.15) is 5.54 Å². The van der Waals surface area contributed by atoms with Gasteiger partial charge in [0.2, 0.25) is 10.0 Å². The SMILES string of the molecule is CC1(c2ccc(F)c(F)c2)NC(=O)N(CC(=O)c2ccc3c(c2)CCCN3S(C)(=O)=O)C1=O. The molecular formula is C22H21F2N3O5S. The largest absolute Gasteiger partial charge is 0.325 e. The molecule has 0 spiro atoms. The van der Waals surface area contributed by atoms with Crippen molar-refractivity contribution in [3.8, 4) is 0 Å². The Morgan fingerprint density at radius 3 is 2.52 bits per heavy atom. The minimum Gasteiger partial charge on any atom is -0.319 e. The number of sulfonamides is 1. The van der Waals surface area contributed by atoms with Crippen molar-refractivity contribution in [3.05, 3.63) is 64.7 Å². The summed E-state index contributed by atoms with van der Waals surface area (Å²) in [6.07, 6.45) is 2.29. The van der Waals surface area contributed by atoms with Crippen LogP contribution in [0.2, 0.25) is 0 Å². The van der Waals surface area contributed by atoms with Crippen LogP contribution in [-0.2, 0) is 26.8 Å². The molecule has 0 bridgehead atoms. The maximum atomic E-state index is 13.7. The average Bonchev–Trinajstić information content (AvgIpc) is 2.97. The van der Waals surface area contributed by atoms with E-state index in [1.165, 1.54) is 23.4 Å². The number of nitrogens with one attached hydrogen (secondary N) is 1. The molecule has 0 radical (unpaired) electrons. The van der Waals surface area contributed by atoms with Crippen LogP contribution in [0.5, 0.6) is 0 Å². The highest BCUT2D eigenvalue weighted by Gasteiger charge is 2.49. The quantitative estimate of drug-likeness (QED) is 0.526. The zero-order chi connectivity index (χ0) is 24.1. The fourth-order valence-electron chi connectivity index (χ4n) is 4.16. The predicted octanol–water partition coefficient (Wildman–Crippen LogP) is 2.33. The lowest BCUT2D eigenvalue weighted by molar-refractivity contribution is -0.130. The highest BCUT2D eigenvalue weighted by atomic mass is 32.2. The van der Waals surface area contributed by atoms with Crippen LogP contribution in [0.4, 0.5) is 19.3 Å². The van der Waals surface area contributed by atoms with Crippen molar-refractivity contribution in [1.29, 1.82) is 0 Å². The van der Waals surface area contributed by atoms with Crippen LogP contribution >= 0.6 is 0 Å². The first-order chi connectivity index (χ1) is 15.4. The minimum atomic E-state index is -3.46. The normalized spacial score (nSPS) is 20.6. The van der Waals surface area contributed by atoms with Crippen molar-refractivity contribution in [1.82, 2.24) is 10.2 Å². The molecule has 1 unspecified atom stereocenters. The number of rotatable bonds is 5. The van der Waals surface area contributed by atoms with Crippen molar-refractivity contribution in [3.63, 3.8) is 0 Å². The van der Waals surface area contributed by atoms with Gasteiger partial charge in [-0.05, 0) is 61.2 Å². The molecule has 0 saturated carbocycles. The number of amides is 3. The van der Waals surface area contributed by atoms with Crippen molar-refractivity contribution < 1.29 is 31.6 Å². The summed E-state index contributed by atoms with van der Waals surface area (Å²) >= 11 is 0. The molecule has 2 aliphatic rings. The molecule has 1 fully saturated rings. The summed E-state index contributed by atoms with van der Waals surface area (Å²) in [5.74, 6) is -3.55. The van der Waals surface area contributed by atoms with Crippen LogP contribution in [0.1, 0.15) is 34.8 Å². The van der Waals surface area contributed by atoms with E-state index in [4.69, 9.17) is 0 Å². The number of carbonyl (C=O) groups is 3. The van der Waals surface area contributed by atoms with Crippen LogP contribution in [0, 0.1) is 11.6 Å². The summed E-state index contributed by atoms with van der Waals surface area (Å²) in [5.41, 5.74) is -0.199. The summed E-state index contributed by atoms with van der Waals surface area (Å²) < 4.78 is 52.3. The van der Waals surface area contributed by atoms with Gasteiger partial charge in [-0.3, -0.25) is 18.8 Å². The van der Waals surface area contributed by atoms with E-state index >= 15 is 0 Å². The number of hydrogen-bond acceptors (Lipinski definition) is 5. The Hall–Kier alpha value is -3.34. The fourth-order valence-corrected chi connectivity index (χ4v) is 5.15. The lowest BCUT2D eigenvalue weighted by Crippen LogP contribution is -2.41. The summed E-state index contributed by atoms with van der Waals surface area (Å²) in [6, 6.07) is 6.62. The smallest absolute Gasteiger partial charge is 0.319 e. The van der Waals surface area contributed by atoms with E-state index in [2.05, 4.69) is 5.32 Å². The third kappa shape index (κ3) is 3.97. The van der Waals surface area contributed by atoms with Crippen molar-refractivity contribution in [2.45, 2.75) is 25.3 Å². The minimum absolute atomic E-state index is 0.0457. The molecule has 1 atom stereocenters. The van der Waals surface area contributed by atoms with E-state index in [-0.39, 0.29) is 11.1 Å². The van der Waals surface area contributed by atoms with Crippen LogP contribution in [-0.4, -0.2) is 50.4 Å². The maximum absolute atomic E-state index is 13.7. The number of nitrogens with zero attached hydrogens (tertiary/aromatic N) is 2. The number of ketones is 1. The van der Waals surface area contributed by atoms with Crippen LogP contribution in [0.3, 0.4) is 0 Å². The molecule has 2 aromatic rings. The van der Waals surface area contributed by atoms with Gasteiger partial charge in [0.05, 0.1) is 18.5 Å². The fraction of sp³-hybridized carbons (Fsp3) is 0.318. The van der Waals surface area contributed by atoms with E-state index in [0.717, 1.165) is 23.3 Å². The van der Waals surface area contributed by atoms with Crippen LogP contribution in [0.15, 0.2) is 36.4 Å². The highest BCUT2D eigenvalue weighted by Crippen LogP contribution is 2.32. The zero-order valence-electron chi connectivity index (χ0n) is 17.9. The molecule has 0 aliphatic carbocycles. The third-order valence-corrected chi connectivity index (χ3v) is 7.13. The lowest BCUT2D eigenvalue weighted by Gasteiger charge is -2.29. The maximum Gasteiger partial charge on any atom is 0.325 e. The summed E-state index contributed by atoms with van der Waals surface area (Å²) in [4.78, 5) is 39.1. The molecule has 33 heavy (non-hydrogen) atoms. The number of Topliss-reactive ketones (excluding diaryl/α,β-unsaturated/α-hetero) is 1. The zero-order valence-corrected chi connectivity index (χ0v) is 18.7. The van der Waals surface area contributed by atoms with Gasteiger partial charge in [-0.2, -0.15) is 0 Å². The van der Waals surface area contributed by atoms with Gasteiger partial charge in [0, 0.05) is 12.1 Å². The number of fused-ring (bicyclic) bond motifs is 1. The number of anilines is 1. The summed E-state index contributed by atoms with van der Waals surface area (Å²) in [7, 11) is -3.46. The second kappa shape index (κ2) is 7.91. The average molecular weight is 477 g/mol. The molecule has 2 aromatic carbocycles. The second-order valence-corrected chi connectivity index (χ2v) is 10.2. The van der Waals surface area contributed by atoms with Crippen molar-refractivity contribution in [2.75, 3.05) is 23.7 Å². The molecule has 4 rings (SSSR count). The Kier molecular flexibility index (Phi) is 5.47. The number of aryl methyl sites for hydroxylation is 1. The Balaban J connectivity index is 1.57. The number of halogens is 2. The van der Waals surface area contributed by atoms with Gasteiger partial charge >= 0.3 is 6.03 Å². The molecule has 1 saturated heterocycles. The Labute approximate surface area is 189 Å². The molecule has 11 heteroatoms. The van der Waals surface area contributed by atoms with Gasteiger partial charge in [0.25, 0.3) is 5.91 Å². The van der Waals surface area contributed by atoms with E-state index < -0.39 is 51.5 Å². The van der Waals surface area contributed by atoms with Gasteiger partial charge < -0.3 is 5.32 Å². The first-order valence-electron chi connectivity index (χ1n) is 10.2. The molecule has 1 N–H and O–H groups in total. The molecule has 0 aromatic heterocycles. The first kappa shape index (κ1) is 22.8. The van der Waals surface area contributed by atoms with Gasteiger partial charge in [-0.25, -0.2) is 22.0 Å². The van der Waals surface area contributed by atoms with E-state index in [9.17, 15) is 31.6 Å². The van der Waals surface area contributed by atoms with Crippen molar-refractivity contribution in [2.24, 2.45) is 0 Å². The number of urea groups is 1. The molecular weight excluding hydrogens is 456 g/mol. The first-order valence-corrected chi connectivity index (χ1v) is 12.0. The Morgan fingerprint density at radius 1 is 1.12 bits per heavy atom. The summed E-state index contributed by atoms with van der Waals surface area (Å²) in [5, 5.41) is 2.45. The molecule has 174 valence electrons.